The molecule has 1 N–H and O–H groups in total. The van der Waals surface area contributed by atoms with E-state index >= 15 is 0 Å². The molecule has 1 aromatic rings. The van der Waals surface area contributed by atoms with E-state index < -0.39 is 0 Å². The molecule has 3 aliphatic heterocycles. The number of nitrogens with zero attached hydrogens (tertiary/aromatic N) is 4. The van der Waals surface area contributed by atoms with E-state index in [2.05, 4.69) is 10.2 Å². The third kappa shape index (κ3) is 5.68. The predicted octanol–water partition coefficient (Wildman–Crippen LogP) is 2.06. The largest absolute Gasteiger partial charge is 0.379 e. The smallest absolute Gasteiger partial charge is 0.242 e. The third-order valence-electron chi connectivity index (χ3n) is 8.63. The molecule has 3 amide bonds. The van der Waals surface area contributed by atoms with Gasteiger partial charge in [-0.05, 0) is 43.9 Å². The number of benzene rings is 1. The highest BCUT2D eigenvalue weighted by atomic mass is 35.5. The monoisotopic (exact) mass is 565 g/mol. The van der Waals surface area contributed by atoms with E-state index in [1.54, 1.807) is 29.0 Å². The highest BCUT2D eigenvalue weighted by Gasteiger charge is 2.46. The van der Waals surface area contributed by atoms with Crippen LogP contribution in [0.4, 0.5) is 0 Å². The fourth-order valence-electron chi connectivity index (χ4n) is 6.16. The molecule has 3 saturated heterocycles. The molecule has 1 aliphatic carbocycles. The summed E-state index contributed by atoms with van der Waals surface area (Å²) in [6, 6.07) is 5.79. The van der Waals surface area contributed by atoms with Crippen LogP contribution in [0.3, 0.4) is 0 Å². The minimum absolute atomic E-state index is 0.0425. The Kier molecular flexibility index (Phi) is 8.22. The lowest BCUT2D eigenvalue weighted by atomic mass is 9.79. The van der Waals surface area contributed by atoms with Crippen LogP contribution in [0.5, 0.6) is 0 Å². The Morgan fingerprint density at radius 2 is 1.87 bits per heavy atom. The summed E-state index contributed by atoms with van der Waals surface area (Å²) in [5.41, 5.74) is 0.516. The Balaban J connectivity index is 1.13. The number of fused-ring (bicyclic) bond motifs is 1. The van der Waals surface area contributed by atoms with Crippen molar-refractivity contribution < 1.29 is 19.1 Å². The maximum atomic E-state index is 13.5. The molecule has 38 heavy (non-hydrogen) atoms. The van der Waals surface area contributed by atoms with Gasteiger partial charge in [-0.1, -0.05) is 29.3 Å². The molecule has 3 atom stereocenters. The van der Waals surface area contributed by atoms with Gasteiger partial charge < -0.3 is 19.4 Å². The second-order valence-corrected chi connectivity index (χ2v) is 12.3. The molecule has 0 spiro atoms. The van der Waals surface area contributed by atoms with Crippen LogP contribution in [0.15, 0.2) is 18.2 Å². The highest BCUT2D eigenvalue weighted by Crippen LogP contribution is 2.33. The van der Waals surface area contributed by atoms with Crippen LogP contribution in [0.2, 0.25) is 10.0 Å². The number of hydrogen-bond donors (Lipinski definition) is 1. The lowest BCUT2D eigenvalue weighted by Gasteiger charge is -2.48. The quantitative estimate of drug-likeness (QED) is 0.568. The van der Waals surface area contributed by atoms with Crippen molar-refractivity contribution in [3.8, 4) is 0 Å². The van der Waals surface area contributed by atoms with Crippen LogP contribution in [0, 0.1) is 11.3 Å². The minimum atomic E-state index is -0.364. The predicted molar refractivity (Wildman–Crippen MR) is 145 cm³/mol. The van der Waals surface area contributed by atoms with Crippen LogP contribution in [-0.4, -0.2) is 109 Å². The summed E-state index contributed by atoms with van der Waals surface area (Å²) in [7, 11) is 1.73. The molecule has 0 bridgehead atoms. The zero-order valence-electron chi connectivity index (χ0n) is 22.1. The number of likely N-dealkylation sites (N-methyl/N-ethyl adjacent to an activating group) is 1. The molecule has 5 rings (SSSR count). The van der Waals surface area contributed by atoms with Crippen LogP contribution in [0.1, 0.15) is 31.7 Å². The van der Waals surface area contributed by atoms with Gasteiger partial charge in [0, 0.05) is 51.9 Å². The molecule has 3 unspecified atom stereocenters. The van der Waals surface area contributed by atoms with Crippen molar-refractivity contribution in [1.82, 2.24) is 24.9 Å². The number of nitrogens with one attached hydrogen (secondary N) is 1. The lowest BCUT2D eigenvalue weighted by molar-refractivity contribution is -0.170. The van der Waals surface area contributed by atoms with E-state index in [-0.39, 0.29) is 41.6 Å². The number of halogens is 2. The summed E-state index contributed by atoms with van der Waals surface area (Å²) in [6.45, 7) is 6.92. The highest BCUT2D eigenvalue weighted by molar-refractivity contribution is 6.42. The average Bonchev–Trinajstić information content (AvgIpc) is 2.90. The van der Waals surface area contributed by atoms with Crippen molar-refractivity contribution in [3.05, 3.63) is 33.8 Å². The number of ether oxygens (including phenoxy) is 1. The lowest BCUT2D eigenvalue weighted by Crippen LogP contribution is -2.63. The first-order valence-electron chi connectivity index (χ1n) is 13.5. The summed E-state index contributed by atoms with van der Waals surface area (Å²) in [6.07, 6.45) is 2.75. The van der Waals surface area contributed by atoms with Crippen molar-refractivity contribution in [2.24, 2.45) is 11.3 Å². The number of piperazine rings is 1. The molecular weight excluding hydrogens is 529 g/mol. The molecule has 1 aromatic carbocycles. The molecule has 9 nitrogen and oxygen atoms in total. The van der Waals surface area contributed by atoms with Gasteiger partial charge in [-0.25, -0.2) is 0 Å². The van der Waals surface area contributed by atoms with Crippen molar-refractivity contribution >= 4 is 40.9 Å². The van der Waals surface area contributed by atoms with E-state index in [1.807, 2.05) is 17.9 Å². The first kappa shape index (κ1) is 27.6. The normalized spacial score (nSPS) is 27.5. The zero-order valence-corrected chi connectivity index (χ0v) is 23.6. The van der Waals surface area contributed by atoms with Crippen molar-refractivity contribution in [1.29, 1.82) is 0 Å². The Morgan fingerprint density at radius 3 is 2.53 bits per heavy atom. The summed E-state index contributed by atoms with van der Waals surface area (Å²) in [5.74, 6) is -0.00517. The van der Waals surface area contributed by atoms with Crippen molar-refractivity contribution in [3.63, 3.8) is 0 Å². The van der Waals surface area contributed by atoms with Crippen LogP contribution < -0.4 is 5.32 Å². The van der Waals surface area contributed by atoms with Gasteiger partial charge in [-0.15, -0.1) is 0 Å². The molecule has 0 radical (unpaired) electrons. The number of rotatable bonds is 6. The number of carbonyl (C=O) groups is 3. The summed E-state index contributed by atoms with van der Waals surface area (Å²) < 4.78 is 5.27. The fourth-order valence-corrected chi connectivity index (χ4v) is 6.48. The summed E-state index contributed by atoms with van der Waals surface area (Å²) in [5, 5.41) is 4.43. The standard InChI is InChI=1S/C27H37Cl2N5O4/c1-27(15-38-16-27)26(37)33-9-7-32(8-10-33)19-4-6-23-20(12-19)25(36)34(17-30-23)14-24(35)31(2)13-18-3-5-21(28)22(29)11-18/h3,5,11,19-20,23,30H,4,6-10,12-17H2,1-2H3. The summed E-state index contributed by atoms with van der Waals surface area (Å²) >= 11 is 12.1. The molecule has 1 saturated carbocycles. The molecule has 4 fully saturated rings. The van der Waals surface area contributed by atoms with Gasteiger partial charge in [-0.2, -0.15) is 0 Å². The second kappa shape index (κ2) is 11.3. The SMILES string of the molecule is CN(Cc1ccc(Cl)c(Cl)c1)C(=O)CN1CNC2CCC(N3CCN(C(=O)C4(C)COC4)CC3)CC2C1=O. The van der Waals surface area contributed by atoms with Gasteiger partial charge in [0.2, 0.25) is 17.7 Å². The third-order valence-corrected chi connectivity index (χ3v) is 9.37. The topological polar surface area (TPSA) is 85.4 Å². The molecule has 4 aliphatic rings. The maximum Gasteiger partial charge on any atom is 0.242 e. The van der Waals surface area contributed by atoms with Gasteiger partial charge >= 0.3 is 0 Å². The number of carbonyl (C=O) groups excluding carboxylic acids is 3. The Bertz CT molecular complexity index is 1080. The van der Waals surface area contributed by atoms with Gasteiger partial charge in [0.1, 0.15) is 6.54 Å². The van der Waals surface area contributed by atoms with Crippen LogP contribution in [-0.2, 0) is 25.7 Å². The number of hydrogen-bond acceptors (Lipinski definition) is 6. The fraction of sp³-hybridized carbons (Fsp3) is 0.667. The molecule has 0 aromatic heterocycles. The molecule has 208 valence electrons. The molecule has 3 heterocycles. The van der Waals surface area contributed by atoms with E-state index in [4.69, 9.17) is 27.9 Å². The Morgan fingerprint density at radius 1 is 1.13 bits per heavy atom. The van der Waals surface area contributed by atoms with Crippen molar-refractivity contribution in [2.45, 2.75) is 44.8 Å². The van der Waals surface area contributed by atoms with E-state index in [9.17, 15) is 14.4 Å². The molecule has 11 heteroatoms. The minimum Gasteiger partial charge on any atom is -0.379 e. The Labute approximate surface area is 234 Å². The number of amides is 3. The van der Waals surface area contributed by atoms with E-state index in [0.29, 0.717) is 42.5 Å². The Hall–Kier alpha value is -1.91. The van der Waals surface area contributed by atoms with E-state index in [1.165, 1.54) is 0 Å². The first-order valence-corrected chi connectivity index (χ1v) is 14.2. The van der Waals surface area contributed by atoms with E-state index in [0.717, 1.165) is 51.0 Å². The van der Waals surface area contributed by atoms with Crippen LogP contribution in [0.25, 0.3) is 0 Å². The second-order valence-electron chi connectivity index (χ2n) is 11.5. The average molecular weight is 567 g/mol. The van der Waals surface area contributed by atoms with Gasteiger partial charge in [0.25, 0.3) is 0 Å². The maximum absolute atomic E-state index is 13.5. The van der Waals surface area contributed by atoms with Crippen molar-refractivity contribution in [2.75, 3.05) is 59.7 Å². The first-order chi connectivity index (χ1) is 18.1. The zero-order chi connectivity index (χ0) is 27.0. The van der Waals surface area contributed by atoms with Gasteiger partial charge in [-0.3, -0.25) is 24.6 Å². The van der Waals surface area contributed by atoms with Gasteiger partial charge in [0.15, 0.2) is 0 Å². The van der Waals surface area contributed by atoms with Gasteiger partial charge in [0.05, 0.1) is 41.3 Å². The summed E-state index contributed by atoms with van der Waals surface area (Å²) in [4.78, 5) is 47.0. The van der Waals surface area contributed by atoms with Crippen LogP contribution >= 0.6 is 23.2 Å². The molecular formula is C27H37Cl2N5O4.